The Morgan fingerprint density at radius 1 is 1.04 bits per heavy atom. The standard InChI is InChI=1S/C22H17BrN4O/c23-16-6-8-17(9-7-16)26-20-11-10-18-15(13-25-22(18)27-20)12-19(21(24)28)14-4-2-1-3-5-14/h1-13H,(H2,24,28)(H2,25,26,27). The van der Waals surface area contributed by atoms with Gasteiger partial charge in [-0.3, -0.25) is 4.79 Å². The number of hydrogen-bond donors (Lipinski definition) is 3. The fourth-order valence-corrected chi connectivity index (χ4v) is 3.23. The van der Waals surface area contributed by atoms with E-state index in [1.54, 1.807) is 6.08 Å². The summed E-state index contributed by atoms with van der Waals surface area (Å²) in [6.07, 6.45) is 3.62. The van der Waals surface area contributed by atoms with Crippen molar-refractivity contribution in [1.82, 2.24) is 9.97 Å². The second-order valence-corrected chi connectivity index (χ2v) is 7.17. The average Bonchev–Trinajstić information content (AvgIpc) is 3.10. The van der Waals surface area contributed by atoms with E-state index >= 15 is 0 Å². The smallest absolute Gasteiger partial charge is 0.249 e. The van der Waals surface area contributed by atoms with Gasteiger partial charge in [0.2, 0.25) is 5.91 Å². The van der Waals surface area contributed by atoms with Crippen molar-refractivity contribution in [2.45, 2.75) is 0 Å². The summed E-state index contributed by atoms with van der Waals surface area (Å²) in [5, 5.41) is 4.19. The molecule has 0 unspecified atom stereocenters. The molecule has 0 saturated heterocycles. The van der Waals surface area contributed by atoms with Crippen LogP contribution in [0.1, 0.15) is 11.1 Å². The maximum absolute atomic E-state index is 12.0. The summed E-state index contributed by atoms with van der Waals surface area (Å²) < 4.78 is 1.02. The number of nitrogens with zero attached hydrogens (tertiary/aromatic N) is 1. The Kier molecular flexibility index (Phi) is 4.95. The van der Waals surface area contributed by atoms with Crippen molar-refractivity contribution in [3.8, 4) is 0 Å². The van der Waals surface area contributed by atoms with Gasteiger partial charge in [0.25, 0.3) is 0 Å². The van der Waals surface area contributed by atoms with Crippen LogP contribution in [0, 0.1) is 0 Å². The fourth-order valence-electron chi connectivity index (χ4n) is 2.97. The van der Waals surface area contributed by atoms with Gasteiger partial charge in [-0.05, 0) is 48.0 Å². The van der Waals surface area contributed by atoms with Crippen LogP contribution in [-0.4, -0.2) is 15.9 Å². The number of nitrogens with two attached hydrogens (primary N) is 1. The molecule has 2 aromatic carbocycles. The summed E-state index contributed by atoms with van der Waals surface area (Å²) in [6, 6.07) is 21.1. The summed E-state index contributed by atoms with van der Waals surface area (Å²) in [5.74, 6) is 0.257. The van der Waals surface area contributed by atoms with Gasteiger partial charge in [-0.1, -0.05) is 46.3 Å². The number of pyridine rings is 1. The molecule has 0 saturated carbocycles. The van der Waals surface area contributed by atoms with Gasteiger partial charge in [-0.25, -0.2) is 4.98 Å². The highest BCUT2D eigenvalue weighted by Crippen LogP contribution is 2.25. The van der Waals surface area contributed by atoms with Crippen LogP contribution >= 0.6 is 15.9 Å². The molecule has 5 nitrogen and oxygen atoms in total. The van der Waals surface area contributed by atoms with Crippen molar-refractivity contribution in [1.29, 1.82) is 0 Å². The lowest BCUT2D eigenvalue weighted by Gasteiger charge is -2.06. The van der Waals surface area contributed by atoms with Gasteiger partial charge in [0.15, 0.2) is 0 Å². The number of carbonyl (C=O) groups is 1. The molecular formula is C22H17BrN4O. The highest BCUT2D eigenvalue weighted by Gasteiger charge is 2.11. The second-order valence-electron chi connectivity index (χ2n) is 6.26. The Balaban J connectivity index is 1.67. The quantitative estimate of drug-likeness (QED) is 0.383. The van der Waals surface area contributed by atoms with Gasteiger partial charge in [-0.15, -0.1) is 0 Å². The van der Waals surface area contributed by atoms with Gasteiger partial charge in [0.05, 0.1) is 0 Å². The number of carbonyl (C=O) groups excluding carboxylic acids is 1. The molecule has 0 aliphatic heterocycles. The number of primary amides is 1. The lowest BCUT2D eigenvalue weighted by molar-refractivity contribution is -0.112. The maximum atomic E-state index is 12.0. The molecule has 0 aliphatic rings. The van der Waals surface area contributed by atoms with Crippen LogP contribution < -0.4 is 11.1 Å². The van der Waals surface area contributed by atoms with Crippen LogP contribution in [0.3, 0.4) is 0 Å². The number of aromatic amines is 1. The van der Waals surface area contributed by atoms with E-state index in [0.717, 1.165) is 38.1 Å². The van der Waals surface area contributed by atoms with Crippen LogP contribution in [0.5, 0.6) is 0 Å². The molecule has 0 spiro atoms. The topological polar surface area (TPSA) is 83.8 Å². The first-order valence-corrected chi connectivity index (χ1v) is 9.47. The molecule has 6 heteroatoms. The number of aromatic nitrogens is 2. The van der Waals surface area contributed by atoms with Gasteiger partial charge in [0, 0.05) is 32.9 Å². The number of halogens is 1. The van der Waals surface area contributed by atoms with Crippen LogP contribution in [0.4, 0.5) is 11.5 Å². The van der Waals surface area contributed by atoms with Gasteiger partial charge >= 0.3 is 0 Å². The molecule has 2 aromatic heterocycles. The molecule has 4 rings (SSSR count). The molecular weight excluding hydrogens is 416 g/mol. The number of benzene rings is 2. The van der Waals surface area contributed by atoms with E-state index < -0.39 is 5.91 Å². The van der Waals surface area contributed by atoms with Crippen LogP contribution in [0.2, 0.25) is 0 Å². The molecule has 0 fully saturated rings. The Hall–Kier alpha value is -3.38. The number of anilines is 2. The van der Waals surface area contributed by atoms with Crippen LogP contribution in [0.15, 0.2) is 77.4 Å². The largest absolute Gasteiger partial charge is 0.366 e. The minimum atomic E-state index is -0.470. The monoisotopic (exact) mass is 432 g/mol. The third kappa shape index (κ3) is 3.82. The zero-order valence-corrected chi connectivity index (χ0v) is 16.4. The minimum absolute atomic E-state index is 0.457. The number of amides is 1. The Morgan fingerprint density at radius 3 is 2.50 bits per heavy atom. The molecule has 138 valence electrons. The highest BCUT2D eigenvalue weighted by atomic mass is 79.9. The van der Waals surface area contributed by atoms with E-state index in [-0.39, 0.29) is 0 Å². The van der Waals surface area contributed by atoms with Gasteiger partial charge in [0.1, 0.15) is 11.5 Å². The Bertz CT molecular complexity index is 1160. The number of fused-ring (bicyclic) bond motifs is 1. The summed E-state index contributed by atoms with van der Waals surface area (Å²) in [4.78, 5) is 19.7. The van der Waals surface area contributed by atoms with E-state index in [4.69, 9.17) is 5.73 Å². The molecule has 0 aliphatic carbocycles. The highest BCUT2D eigenvalue weighted by molar-refractivity contribution is 9.10. The SMILES string of the molecule is NC(=O)C(=Cc1c[nH]c2nc(Nc3ccc(Br)cc3)ccc12)c1ccccc1. The molecule has 0 bridgehead atoms. The first kappa shape index (κ1) is 18.0. The van der Waals surface area contributed by atoms with E-state index in [2.05, 4.69) is 31.2 Å². The third-order valence-corrected chi connectivity index (χ3v) is 4.87. The van der Waals surface area contributed by atoms with E-state index in [1.807, 2.05) is 72.9 Å². The molecule has 28 heavy (non-hydrogen) atoms. The normalized spacial score (nSPS) is 11.5. The van der Waals surface area contributed by atoms with E-state index in [1.165, 1.54) is 0 Å². The number of H-pyrrole nitrogens is 1. The molecule has 0 radical (unpaired) electrons. The number of rotatable bonds is 5. The summed E-state index contributed by atoms with van der Waals surface area (Å²) in [7, 11) is 0. The Morgan fingerprint density at radius 2 is 1.79 bits per heavy atom. The molecule has 2 heterocycles. The zero-order chi connectivity index (χ0) is 19.5. The average molecular weight is 433 g/mol. The predicted molar refractivity (Wildman–Crippen MR) is 117 cm³/mol. The fraction of sp³-hybridized carbons (Fsp3) is 0. The van der Waals surface area contributed by atoms with Crippen molar-refractivity contribution in [3.63, 3.8) is 0 Å². The number of hydrogen-bond acceptors (Lipinski definition) is 3. The van der Waals surface area contributed by atoms with E-state index in [0.29, 0.717) is 5.57 Å². The summed E-state index contributed by atoms with van der Waals surface area (Å²) >= 11 is 3.43. The Labute approximate surface area is 170 Å². The summed E-state index contributed by atoms with van der Waals surface area (Å²) in [5.41, 5.74) is 9.37. The minimum Gasteiger partial charge on any atom is -0.366 e. The first-order chi connectivity index (χ1) is 13.6. The van der Waals surface area contributed by atoms with Crippen molar-refractivity contribution >= 4 is 56.0 Å². The van der Waals surface area contributed by atoms with Crippen molar-refractivity contribution < 1.29 is 4.79 Å². The second kappa shape index (κ2) is 7.70. The third-order valence-electron chi connectivity index (χ3n) is 4.34. The van der Waals surface area contributed by atoms with Crippen LogP contribution in [-0.2, 0) is 4.79 Å². The van der Waals surface area contributed by atoms with Gasteiger partial charge < -0.3 is 16.0 Å². The lowest BCUT2D eigenvalue weighted by atomic mass is 10.0. The number of nitrogens with one attached hydrogen (secondary N) is 2. The van der Waals surface area contributed by atoms with E-state index in [9.17, 15) is 4.79 Å². The van der Waals surface area contributed by atoms with Crippen molar-refractivity contribution in [2.24, 2.45) is 5.73 Å². The maximum Gasteiger partial charge on any atom is 0.249 e. The predicted octanol–water partition coefficient (Wildman–Crippen LogP) is 5.09. The van der Waals surface area contributed by atoms with Crippen LogP contribution in [0.25, 0.3) is 22.7 Å². The lowest BCUT2D eigenvalue weighted by Crippen LogP contribution is -2.12. The molecule has 4 N–H and O–H groups in total. The summed E-state index contributed by atoms with van der Waals surface area (Å²) in [6.45, 7) is 0. The van der Waals surface area contributed by atoms with Crippen molar-refractivity contribution in [3.05, 3.63) is 88.5 Å². The molecule has 4 aromatic rings. The first-order valence-electron chi connectivity index (χ1n) is 8.68. The van der Waals surface area contributed by atoms with Gasteiger partial charge in [-0.2, -0.15) is 0 Å². The van der Waals surface area contributed by atoms with Crippen molar-refractivity contribution in [2.75, 3.05) is 5.32 Å². The molecule has 1 amide bonds. The zero-order valence-electron chi connectivity index (χ0n) is 14.8. The molecule has 0 atom stereocenters.